The van der Waals surface area contributed by atoms with E-state index in [0.29, 0.717) is 6.61 Å². The van der Waals surface area contributed by atoms with Crippen LogP contribution in [0.15, 0.2) is 18.2 Å². The monoisotopic (exact) mass is 258 g/mol. The van der Waals surface area contributed by atoms with Crippen molar-refractivity contribution < 1.29 is 9.53 Å². The molecule has 4 nitrogen and oxygen atoms in total. The Kier molecular flexibility index (Phi) is 2.62. The molecule has 0 N–H and O–H groups in total. The molecule has 0 bridgehead atoms. The maximum atomic E-state index is 12.2. The zero-order chi connectivity index (χ0) is 13.6. The SMILES string of the molecule is CCOC(=O)C1(c2nc3cccc(C)c3n2C)CC1. The van der Waals surface area contributed by atoms with Crippen LogP contribution in [-0.2, 0) is 22.0 Å². The second-order valence-electron chi connectivity index (χ2n) is 5.24. The molecule has 1 heterocycles. The van der Waals surface area contributed by atoms with Crippen molar-refractivity contribution in [1.82, 2.24) is 9.55 Å². The largest absolute Gasteiger partial charge is 0.465 e. The predicted molar refractivity (Wildman–Crippen MR) is 73.0 cm³/mol. The number of imidazole rings is 1. The minimum atomic E-state index is -0.504. The van der Waals surface area contributed by atoms with Crippen molar-refractivity contribution in [1.29, 1.82) is 0 Å². The van der Waals surface area contributed by atoms with Gasteiger partial charge in [0.05, 0.1) is 17.6 Å². The molecule has 0 unspecified atom stereocenters. The summed E-state index contributed by atoms with van der Waals surface area (Å²) in [6, 6.07) is 6.06. The van der Waals surface area contributed by atoms with Gasteiger partial charge in [-0.2, -0.15) is 0 Å². The van der Waals surface area contributed by atoms with Gasteiger partial charge in [-0.3, -0.25) is 4.79 Å². The molecule has 1 aromatic heterocycles. The molecule has 0 aliphatic heterocycles. The van der Waals surface area contributed by atoms with E-state index in [0.717, 1.165) is 29.7 Å². The summed E-state index contributed by atoms with van der Waals surface area (Å²) in [7, 11) is 1.98. The Morgan fingerprint density at radius 3 is 2.79 bits per heavy atom. The average Bonchev–Trinajstić information content (AvgIpc) is 3.11. The summed E-state index contributed by atoms with van der Waals surface area (Å²) >= 11 is 0. The second kappa shape index (κ2) is 4.08. The quantitative estimate of drug-likeness (QED) is 0.794. The Morgan fingerprint density at radius 2 is 2.21 bits per heavy atom. The molecule has 3 rings (SSSR count). The number of aryl methyl sites for hydroxylation is 2. The molecule has 19 heavy (non-hydrogen) atoms. The molecule has 100 valence electrons. The predicted octanol–water partition coefficient (Wildman–Crippen LogP) is 2.48. The van der Waals surface area contributed by atoms with E-state index in [2.05, 4.69) is 22.5 Å². The number of aromatic nitrogens is 2. The number of para-hydroxylation sites is 1. The van der Waals surface area contributed by atoms with Gasteiger partial charge in [0.15, 0.2) is 0 Å². The normalized spacial score (nSPS) is 16.6. The number of hydrogen-bond acceptors (Lipinski definition) is 3. The van der Waals surface area contributed by atoms with Gasteiger partial charge < -0.3 is 9.30 Å². The molecule has 4 heteroatoms. The third-order valence-electron chi connectivity index (χ3n) is 3.94. The molecule has 0 radical (unpaired) electrons. The van der Waals surface area contributed by atoms with Crippen molar-refractivity contribution in [3.05, 3.63) is 29.6 Å². The third kappa shape index (κ3) is 1.66. The van der Waals surface area contributed by atoms with Gasteiger partial charge in [-0.15, -0.1) is 0 Å². The Hall–Kier alpha value is -1.84. The Labute approximate surface area is 112 Å². The van der Waals surface area contributed by atoms with E-state index in [9.17, 15) is 4.79 Å². The van der Waals surface area contributed by atoms with E-state index in [1.54, 1.807) is 0 Å². The van der Waals surface area contributed by atoms with Crippen LogP contribution in [0.25, 0.3) is 11.0 Å². The molecule has 2 aromatic rings. The zero-order valence-corrected chi connectivity index (χ0v) is 11.6. The number of esters is 1. The van der Waals surface area contributed by atoms with Crippen LogP contribution < -0.4 is 0 Å². The van der Waals surface area contributed by atoms with Gasteiger partial charge in [0.1, 0.15) is 11.2 Å². The maximum Gasteiger partial charge on any atom is 0.319 e. The van der Waals surface area contributed by atoms with Crippen molar-refractivity contribution in [2.45, 2.75) is 32.1 Å². The van der Waals surface area contributed by atoms with Crippen molar-refractivity contribution >= 4 is 17.0 Å². The van der Waals surface area contributed by atoms with Gasteiger partial charge in [-0.05, 0) is 38.3 Å². The first kappa shape index (κ1) is 12.2. The first-order valence-electron chi connectivity index (χ1n) is 6.70. The second-order valence-corrected chi connectivity index (χ2v) is 5.24. The number of nitrogens with zero attached hydrogens (tertiary/aromatic N) is 2. The van der Waals surface area contributed by atoms with Gasteiger partial charge in [0, 0.05) is 7.05 Å². The fourth-order valence-corrected chi connectivity index (χ4v) is 2.81. The van der Waals surface area contributed by atoms with Gasteiger partial charge in [0.25, 0.3) is 0 Å². The lowest BCUT2D eigenvalue weighted by molar-refractivity contribution is -0.146. The van der Waals surface area contributed by atoms with Crippen molar-refractivity contribution in [3.63, 3.8) is 0 Å². The minimum absolute atomic E-state index is 0.133. The highest BCUT2D eigenvalue weighted by molar-refractivity contribution is 5.88. The van der Waals surface area contributed by atoms with Crippen molar-refractivity contribution in [3.8, 4) is 0 Å². The molecule has 0 spiro atoms. The number of benzene rings is 1. The fourth-order valence-electron chi connectivity index (χ4n) is 2.81. The summed E-state index contributed by atoms with van der Waals surface area (Å²) in [5, 5.41) is 0. The molecule has 0 atom stereocenters. The highest BCUT2D eigenvalue weighted by atomic mass is 16.5. The lowest BCUT2D eigenvalue weighted by Gasteiger charge is -2.13. The maximum absolute atomic E-state index is 12.2. The van der Waals surface area contributed by atoms with Crippen LogP contribution in [0.5, 0.6) is 0 Å². The minimum Gasteiger partial charge on any atom is -0.465 e. The summed E-state index contributed by atoms with van der Waals surface area (Å²) in [6.07, 6.45) is 1.67. The Balaban J connectivity index is 2.14. The van der Waals surface area contributed by atoms with Crippen molar-refractivity contribution in [2.75, 3.05) is 6.61 Å². The molecule has 1 aliphatic rings. The van der Waals surface area contributed by atoms with Gasteiger partial charge in [-0.1, -0.05) is 12.1 Å². The van der Waals surface area contributed by atoms with Crippen molar-refractivity contribution in [2.24, 2.45) is 7.05 Å². The van der Waals surface area contributed by atoms with Crippen LogP contribution in [0.2, 0.25) is 0 Å². The van der Waals surface area contributed by atoms with E-state index < -0.39 is 5.41 Å². The smallest absolute Gasteiger partial charge is 0.319 e. The number of rotatable bonds is 3. The summed E-state index contributed by atoms with van der Waals surface area (Å²) < 4.78 is 7.26. The molecule has 0 amide bonds. The molecular formula is C15H18N2O2. The van der Waals surface area contributed by atoms with Gasteiger partial charge >= 0.3 is 5.97 Å². The van der Waals surface area contributed by atoms with E-state index in [-0.39, 0.29) is 5.97 Å². The van der Waals surface area contributed by atoms with Crippen LogP contribution in [-0.4, -0.2) is 22.1 Å². The zero-order valence-electron chi connectivity index (χ0n) is 11.6. The highest BCUT2D eigenvalue weighted by Crippen LogP contribution is 2.49. The van der Waals surface area contributed by atoms with Crippen LogP contribution in [0.3, 0.4) is 0 Å². The molecule has 1 aliphatic carbocycles. The summed E-state index contributed by atoms with van der Waals surface area (Å²) in [4.78, 5) is 16.8. The Morgan fingerprint density at radius 1 is 1.47 bits per heavy atom. The van der Waals surface area contributed by atoms with Crippen LogP contribution in [0, 0.1) is 6.92 Å². The lowest BCUT2D eigenvalue weighted by Crippen LogP contribution is -2.26. The first-order chi connectivity index (χ1) is 9.10. The van der Waals surface area contributed by atoms with Gasteiger partial charge in [0.2, 0.25) is 0 Å². The highest BCUT2D eigenvalue weighted by Gasteiger charge is 2.56. The van der Waals surface area contributed by atoms with E-state index in [1.807, 2.05) is 26.1 Å². The summed E-state index contributed by atoms with van der Waals surface area (Å²) in [6.45, 7) is 4.33. The van der Waals surface area contributed by atoms with Crippen LogP contribution >= 0.6 is 0 Å². The summed E-state index contributed by atoms with van der Waals surface area (Å²) in [5.41, 5.74) is 2.73. The number of carbonyl (C=O) groups excluding carboxylic acids is 1. The fraction of sp³-hybridized carbons (Fsp3) is 0.467. The molecule has 1 aromatic carbocycles. The van der Waals surface area contributed by atoms with Crippen LogP contribution in [0.1, 0.15) is 31.2 Å². The topological polar surface area (TPSA) is 44.1 Å². The number of hydrogen-bond donors (Lipinski definition) is 0. The third-order valence-corrected chi connectivity index (χ3v) is 3.94. The van der Waals surface area contributed by atoms with Crippen LogP contribution in [0.4, 0.5) is 0 Å². The lowest BCUT2D eigenvalue weighted by atomic mass is 10.1. The number of ether oxygens (including phenoxy) is 1. The molecule has 1 saturated carbocycles. The summed E-state index contributed by atoms with van der Waals surface area (Å²) in [5.74, 6) is 0.710. The number of carbonyl (C=O) groups is 1. The molecular weight excluding hydrogens is 240 g/mol. The van der Waals surface area contributed by atoms with E-state index in [1.165, 1.54) is 5.56 Å². The molecule has 0 saturated heterocycles. The van der Waals surface area contributed by atoms with E-state index >= 15 is 0 Å². The number of fused-ring (bicyclic) bond motifs is 1. The first-order valence-corrected chi connectivity index (χ1v) is 6.70. The average molecular weight is 258 g/mol. The Bertz CT molecular complexity index is 653. The molecule has 1 fully saturated rings. The van der Waals surface area contributed by atoms with E-state index in [4.69, 9.17) is 4.74 Å². The standard InChI is InChI=1S/C15H18N2O2/c1-4-19-14(18)15(8-9-15)13-16-11-7-5-6-10(2)12(11)17(13)3/h5-7H,4,8-9H2,1-3H3. The van der Waals surface area contributed by atoms with Gasteiger partial charge in [-0.25, -0.2) is 4.98 Å².